The maximum atomic E-state index is 13.2. The molecule has 0 radical (unpaired) electrons. The minimum Gasteiger partial charge on any atom is -0.336 e. The van der Waals surface area contributed by atoms with Gasteiger partial charge in [-0.15, -0.1) is 0 Å². The fourth-order valence-electron chi connectivity index (χ4n) is 2.50. The van der Waals surface area contributed by atoms with Gasteiger partial charge < -0.3 is 10.2 Å². The number of nitrogens with zero attached hydrogens (tertiary/aromatic N) is 1. The molecule has 1 amide bonds. The molecule has 3 nitrogen and oxygen atoms in total. The van der Waals surface area contributed by atoms with Gasteiger partial charge in [0.05, 0.1) is 6.04 Å². The smallest absolute Gasteiger partial charge is 0.224 e. The van der Waals surface area contributed by atoms with Crippen molar-refractivity contribution in [3.8, 4) is 0 Å². The summed E-state index contributed by atoms with van der Waals surface area (Å²) in [5.74, 6) is -0.0851. The van der Waals surface area contributed by atoms with Crippen molar-refractivity contribution in [3.05, 3.63) is 35.6 Å². The third-order valence-electron chi connectivity index (χ3n) is 3.40. The predicted octanol–water partition coefficient (Wildman–Crippen LogP) is 2.10. The molecular weight excluding hydrogens is 231 g/mol. The third-order valence-corrected chi connectivity index (χ3v) is 3.40. The highest BCUT2D eigenvalue weighted by Gasteiger charge is 2.29. The van der Waals surface area contributed by atoms with Gasteiger partial charge in [-0.1, -0.05) is 12.1 Å². The van der Waals surface area contributed by atoms with E-state index in [9.17, 15) is 9.18 Å². The highest BCUT2D eigenvalue weighted by Crippen LogP contribution is 2.32. The van der Waals surface area contributed by atoms with E-state index in [1.165, 1.54) is 12.1 Å². The minimum absolute atomic E-state index is 0.0463. The molecule has 1 aromatic rings. The molecule has 1 aromatic carbocycles. The molecule has 1 atom stereocenters. The highest BCUT2D eigenvalue weighted by molar-refractivity contribution is 5.77. The van der Waals surface area contributed by atoms with E-state index in [1.54, 1.807) is 6.07 Å². The number of halogens is 1. The Morgan fingerprint density at radius 2 is 2.39 bits per heavy atom. The first kappa shape index (κ1) is 13.0. The molecule has 2 rings (SSSR count). The van der Waals surface area contributed by atoms with Gasteiger partial charge in [-0.05, 0) is 37.6 Å². The molecule has 4 heteroatoms. The summed E-state index contributed by atoms with van der Waals surface area (Å²) in [4.78, 5) is 13.9. The molecule has 1 saturated heterocycles. The van der Waals surface area contributed by atoms with Crippen molar-refractivity contribution in [3.63, 3.8) is 0 Å². The standard InChI is InChI=1S/C14H19FN2O/c1-16-8-7-14(18)17-9-3-6-13(17)11-4-2-5-12(15)10-11/h2,4-5,10,13,16H,3,6-9H2,1H3. The first-order chi connectivity index (χ1) is 8.72. The Kier molecular flexibility index (Phi) is 4.31. The second-order valence-corrected chi connectivity index (χ2v) is 4.65. The van der Waals surface area contributed by atoms with Crippen LogP contribution in [0.3, 0.4) is 0 Å². The van der Waals surface area contributed by atoms with Crippen molar-refractivity contribution in [1.82, 2.24) is 10.2 Å². The van der Waals surface area contributed by atoms with Gasteiger partial charge in [0, 0.05) is 19.5 Å². The van der Waals surface area contributed by atoms with E-state index in [-0.39, 0.29) is 17.8 Å². The van der Waals surface area contributed by atoms with Crippen LogP contribution < -0.4 is 5.32 Å². The number of carbonyl (C=O) groups excluding carboxylic acids is 1. The zero-order valence-corrected chi connectivity index (χ0v) is 10.7. The molecule has 0 bridgehead atoms. The van der Waals surface area contributed by atoms with Crippen LogP contribution in [0.2, 0.25) is 0 Å². The van der Waals surface area contributed by atoms with E-state index in [1.807, 2.05) is 18.0 Å². The Morgan fingerprint density at radius 3 is 3.11 bits per heavy atom. The molecule has 18 heavy (non-hydrogen) atoms. The summed E-state index contributed by atoms with van der Waals surface area (Å²) in [6.07, 6.45) is 2.42. The second-order valence-electron chi connectivity index (χ2n) is 4.65. The van der Waals surface area contributed by atoms with Gasteiger partial charge in [-0.2, -0.15) is 0 Å². The van der Waals surface area contributed by atoms with Gasteiger partial charge in [-0.3, -0.25) is 4.79 Å². The normalized spacial score (nSPS) is 19.2. The van der Waals surface area contributed by atoms with Crippen LogP contribution in [0.4, 0.5) is 4.39 Å². The first-order valence-electron chi connectivity index (χ1n) is 6.42. The van der Waals surface area contributed by atoms with Crippen molar-refractivity contribution in [1.29, 1.82) is 0 Å². The van der Waals surface area contributed by atoms with Crippen molar-refractivity contribution in [2.75, 3.05) is 20.1 Å². The molecule has 1 aliphatic rings. The quantitative estimate of drug-likeness (QED) is 0.887. The minimum atomic E-state index is -0.234. The molecule has 0 aliphatic carbocycles. The fourth-order valence-corrected chi connectivity index (χ4v) is 2.50. The summed E-state index contributed by atoms with van der Waals surface area (Å²) in [5.41, 5.74) is 0.908. The van der Waals surface area contributed by atoms with E-state index >= 15 is 0 Å². The van der Waals surface area contributed by atoms with Crippen molar-refractivity contribution in [2.45, 2.75) is 25.3 Å². The van der Waals surface area contributed by atoms with E-state index in [0.717, 1.165) is 24.9 Å². The van der Waals surface area contributed by atoms with Crippen LogP contribution in [-0.2, 0) is 4.79 Å². The Hall–Kier alpha value is -1.42. The number of carbonyl (C=O) groups is 1. The summed E-state index contributed by atoms with van der Waals surface area (Å²) < 4.78 is 13.2. The monoisotopic (exact) mass is 250 g/mol. The molecule has 1 unspecified atom stereocenters. The Balaban J connectivity index is 2.10. The summed E-state index contributed by atoms with van der Waals surface area (Å²) in [7, 11) is 1.83. The van der Waals surface area contributed by atoms with Gasteiger partial charge in [0.2, 0.25) is 5.91 Å². The first-order valence-corrected chi connectivity index (χ1v) is 6.42. The van der Waals surface area contributed by atoms with Crippen LogP contribution in [0, 0.1) is 5.82 Å². The predicted molar refractivity (Wildman–Crippen MR) is 68.6 cm³/mol. The zero-order valence-electron chi connectivity index (χ0n) is 10.7. The van der Waals surface area contributed by atoms with E-state index in [0.29, 0.717) is 13.0 Å². The van der Waals surface area contributed by atoms with Crippen LogP contribution >= 0.6 is 0 Å². The molecule has 1 aliphatic heterocycles. The summed E-state index contributed by atoms with van der Waals surface area (Å²) in [6, 6.07) is 6.63. The lowest BCUT2D eigenvalue weighted by Crippen LogP contribution is -2.32. The summed E-state index contributed by atoms with van der Waals surface area (Å²) >= 11 is 0. The number of benzene rings is 1. The van der Waals surface area contributed by atoms with Crippen molar-refractivity contribution < 1.29 is 9.18 Å². The lowest BCUT2D eigenvalue weighted by atomic mass is 10.0. The Morgan fingerprint density at radius 1 is 1.56 bits per heavy atom. The summed E-state index contributed by atoms with van der Waals surface area (Å²) in [5, 5.41) is 2.98. The van der Waals surface area contributed by atoms with Crippen LogP contribution in [0.1, 0.15) is 30.9 Å². The van der Waals surface area contributed by atoms with Crippen LogP contribution in [0.15, 0.2) is 24.3 Å². The fraction of sp³-hybridized carbons (Fsp3) is 0.500. The maximum Gasteiger partial charge on any atom is 0.224 e. The topological polar surface area (TPSA) is 32.3 Å². The molecule has 1 heterocycles. The summed E-state index contributed by atoms with van der Waals surface area (Å²) in [6.45, 7) is 1.47. The van der Waals surface area contributed by atoms with Gasteiger partial charge in [0.25, 0.3) is 0 Å². The molecule has 1 N–H and O–H groups in total. The number of amides is 1. The van der Waals surface area contributed by atoms with Crippen molar-refractivity contribution in [2.24, 2.45) is 0 Å². The SMILES string of the molecule is CNCCC(=O)N1CCCC1c1cccc(F)c1. The number of hydrogen-bond donors (Lipinski definition) is 1. The average Bonchev–Trinajstić information content (AvgIpc) is 2.85. The zero-order chi connectivity index (χ0) is 13.0. The number of nitrogens with one attached hydrogen (secondary N) is 1. The molecular formula is C14H19FN2O. The maximum absolute atomic E-state index is 13.2. The van der Waals surface area contributed by atoms with Gasteiger partial charge >= 0.3 is 0 Å². The van der Waals surface area contributed by atoms with Gasteiger partial charge in [0.15, 0.2) is 0 Å². The lowest BCUT2D eigenvalue weighted by Gasteiger charge is -2.25. The highest BCUT2D eigenvalue weighted by atomic mass is 19.1. The van der Waals surface area contributed by atoms with E-state index < -0.39 is 0 Å². The Bertz CT molecular complexity index is 422. The van der Waals surface area contributed by atoms with E-state index in [4.69, 9.17) is 0 Å². The molecule has 1 fully saturated rings. The van der Waals surface area contributed by atoms with E-state index in [2.05, 4.69) is 5.32 Å². The average molecular weight is 250 g/mol. The van der Waals surface area contributed by atoms with Crippen LogP contribution in [0.5, 0.6) is 0 Å². The van der Waals surface area contributed by atoms with Gasteiger partial charge in [-0.25, -0.2) is 4.39 Å². The lowest BCUT2D eigenvalue weighted by molar-refractivity contribution is -0.132. The number of rotatable bonds is 4. The molecule has 0 saturated carbocycles. The number of hydrogen-bond acceptors (Lipinski definition) is 2. The largest absolute Gasteiger partial charge is 0.336 e. The van der Waals surface area contributed by atoms with Crippen LogP contribution in [0.25, 0.3) is 0 Å². The number of likely N-dealkylation sites (tertiary alicyclic amines) is 1. The third kappa shape index (κ3) is 2.88. The molecule has 98 valence electrons. The Labute approximate surface area is 107 Å². The molecule has 0 spiro atoms. The van der Waals surface area contributed by atoms with Crippen LogP contribution in [-0.4, -0.2) is 30.9 Å². The van der Waals surface area contributed by atoms with Crippen molar-refractivity contribution >= 4 is 5.91 Å². The second kappa shape index (κ2) is 5.96. The van der Waals surface area contributed by atoms with Gasteiger partial charge in [0.1, 0.15) is 5.82 Å². The molecule has 0 aromatic heterocycles.